The molecule has 0 spiro atoms. The molecule has 1 saturated heterocycles. The summed E-state index contributed by atoms with van der Waals surface area (Å²) >= 11 is 0. The minimum atomic E-state index is -0.0437. The molecule has 2 aliphatic rings. The molecule has 0 bridgehead atoms. The zero-order valence-corrected chi connectivity index (χ0v) is 16.4. The van der Waals surface area contributed by atoms with Gasteiger partial charge in [-0.2, -0.15) is 0 Å². The highest BCUT2D eigenvalue weighted by atomic mass is 16.5. The van der Waals surface area contributed by atoms with Crippen molar-refractivity contribution in [3.8, 4) is 11.5 Å². The van der Waals surface area contributed by atoms with Crippen LogP contribution in [-0.2, 0) is 0 Å². The van der Waals surface area contributed by atoms with Gasteiger partial charge in [-0.3, -0.25) is 4.79 Å². The second-order valence-corrected chi connectivity index (χ2v) is 7.66. The summed E-state index contributed by atoms with van der Waals surface area (Å²) in [4.78, 5) is 15.2. The van der Waals surface area contributed by atoms with Crippen LogP contribution in [0.25, 0.3) is 0 Å². The van der Waals surface area contributed by atoms with Gasteiger partial charge in [-0.1, -0.05) is 25.5 Å². The highest BCUT2D eigenvalue weighted by Crippen LogP contribution is 2.29. The van der Waals surface area contributed by atoms with Crippen LogP contribution in [0.5, 0.6) is 11.5 Å². The number of nitrogens with one attached hydrogen (secondary N) is 1. The molecule has 1 amide bonds. The van der Waals surface area contributed by atoms with Crippen LogP contribution in [0.15, 0.2) is 30.9 Å². The van der Waals surface area contributed by atoms with E-state index >= 15 is 0 Å². The molecular formula is C22H32N2O3. The van der Waals surface area contributed by atoms with E-state index in [1.54, 1.807) is 31.4 Å². The fourth-order valence-electron chi connectivity index (χ4n) is 4.16. The molecule has 0 unspecified atom stereocenters. The van der Waals surface area contributed by atoms with E-state index in [0.29, 0.717) is 23.7 Å². The van der Waals surface area contributed by atoms with E-state index < -0.39 is 0 Å². The normalized spacial score (nSPS) is 19.0. The maximum absolute atomic E-state index is 12.6. The first-order valence-electron chi connectivity index (χ1n) is 10.1. The fourth-order valence-corrected chi connectivity index (χ4v) is 4.16. The molecule has 1 aliphatic carbocycles. The first-order valence-corrected chi connectivity index (χ1v) is 10.1. The Morgan fingerprint density at radius 3 is 2.63 bits per heavy atom. The van der Waals surface area contributed by atoms with Crippen LogP contribution in [0.2, 0.25) is 0 Å². The molecule has 5 heteroatoms. The molecule has 3 rings (SSSR count). The highest BCUT2D eigenvalue weighted by Gasteiger charge is 2.24. The van der Waals surface area contributed by atoms with Crippen molar-refractivity contribution in [1.82, 2.24) is 10.2 Å². The summed E-state index contributed by atoms with van der Waals surface area (Å²) in [6, 6.07) is 5.55. The number of ether oxygens (including phenoxy) is 2. The third-order valence-corrected chi connectivity index (χ3v) is 5.70. The van der Waals surface area contributed by atoms with E-state index in [0.717, 1.165) is 31.8 Å². The second kappa shape index (κ2) is 9.79. The fraction of sp³-hybridized carbons (Fsp3) is 0.591. The summed E-state index contributed by atoms with van der Waals surface area (Å²) in [5.41, 5.74) is 0.603. The number of benzene rings is 1. The van der Waals surface area contributed by atoms with Gasteiger partial charge in [0.2, 0.25) is 0 Å². The Morgan fingerprint density at radius 2 is 1.96 bits per heavy atom. The van der Waals surface area contributed by atoms with Crippen molar-refractivity contribution < 1.29 is 14.3 Å². The summed E-state index contributed by atoms with van der Waals surface area (Å²) < 4.78 is 10.9. The van der Waals surface area contributed by atoms with Crippen molar-refractivity contribution in [2.75, 3.05) is 33.4 Å². The molecule has 0 atom stereocenters. The SMILES string of the molecule is C=CCOc1ccc(C(=O)NC2CCN(CC3CCCC3)CC2)cc1OC. The molecule has 0 radical (unpaired) electrons. The van der Waals surface area contributed by atoms with Gasteiger partial charge in [-0.25, -0.2) is 0 Å². The summed E-state index contributed by atoms with van der Waals surface area (Å²) in [6.45, 7) is 7.45. The van der Waals surface area contributed by atoms with E-state index in [4.69, 9.17) is 9.47 Å². The summed E-state index contributed by atoms with van der Waals surface area (Å²) in [5.74, 6) is 2.04. The molecule has 5 nitrogen and oxygen atoms in total. The quantitative estimate of drug-likeness (QED) is 0.708. The molecule has 2 fully saturated rings. The topological polar surface area (TPSA) is 50.8 Å². The van der Waals surface area contributed by atoms with E-state index in [9.17, 15) is 4.79 Å². The van der Waals surface area contributed by atoms with Crippen LogP contribution in [0.4, 0.5) is 0 Å². The van der Waals surface area contributed by atoms with Gasteiger partial charge < -0.3 is 19.7 Å². The van der Waals surface area contributed by atoms with Crippen molar-refractivity contribution in [2.24, 2.45) is 5.92 Å². The van der Waals surface area contributed by atoms with Gasteiger partial charge in [-0.05, 0) is 49.8 Å². The molecule has 1 heterocycles. The first-order chi connectivity index (χ1) is 13.2. The standard InChI is InChI=1S/C22H32N2O3/c1-3-14-27-20-9-8-18(15-21(20)26-2)22(25)23-19-10-12-24(13-11-19)16-17-6-4-5-7-17/h3,8-9,15,17,19H,1,4-7,10-14,16H2,2H3,(H,23,25). The van der Waals surface area contributed by atoms with Gasteiger partial charge >= 0.3 is 0 Å². The number of nitrogens with zero attached hydrogens (tertiary/aromatic N) is 1. The monoisotopic (exact) mass is 372 g/mol. The average Bonchev–Trinajstić information content (AvgIpc) is 3.20. The molecule has 1 aromatic rings. The van der Waals surface area contributed by atoms with Crippen LogP contribution >= 0.6 is 0 Å². The Kier molecular flexibility index (Phi) is 7.16. The zero-order chi connectivity index (χ0) is 19.1. The van der Waals surface area contributed by atoms with Gasteiger partial charge in [0.25, 0.3) is 5.91 Å². The van der Waals surface area contributed by atoms with E-state index in [-0.39, 0.29) is 11.9 Å². The zero-order valence-electron chi connectivity index (χ0n) is 16.4. The van der Waals surface area contributed by atoms with Gasteiger partial charge in [0, 0.05) is 31.2 Å². The Balaban J connectivity index is 1.49. The summed E-state index contributed by atoms with van der Waals surface area (Å²) in [7, 11) is 1.58. The van der Waals surface area contributed by atoms with Crippen LogP contribution < -0.4 is 14.8 Å². The second-order valence-electron chi connectivity index (χ2n) is 7.66. The van der Waals surface area contributed by atoms with Crippen molar-refractivity contribution in [3.05, 3.63) is 36.4 Å². The lowest BCUT2D eigenvalue weighted by Gasteiger charge is -2.33. The minimum Gasteiger partial charge on any atom is -0.493 e. The Morgan fingerprint density at radius 1 is 1.22 bits per heavy atom. The summed E-state index contributed by atoms with van der Waals surface area (Å²) in [5, 5.41) is 3.19. The predicted octanol–water partition coefficient (Wildman–Crippen LogP) is 3.64. The minimum absolute atomic E-state index is 0.0437. The molecule has 1 N–H and O–H groups in total. The van der Waals surface area contributed by atoms with Gasteiger partial charge in [0.15, 0.2) is 11.5 Å². The van der Waals surface area contributed by atoms with Crippen molar-refractivity contribution in [2.45, 2.75) is 44.6 Å². The molecule has 1 aromatic carbocycles. The molecule has 1 aliphatic heterocycles. The third-order valence-electron chi connectivity index (χ3n) is 5.70. The molecule has 1 saturated carbocycles. The predicted molar refractivity (Wildman–Crippen MR) is 108 cm³/mol. The third kappa shape index (κ3) is 5.48. The highest BCUT2D eigenvalue weighted by molar-refractivity contribution is 5.95. The number of carbonyl (C=O) groups is 1. The van der Waals surface area contributed by atoms with Crippen LogP contribution in [0, 0.1) is 5.92 Å². The lowest BCUT2D eigenvalue weighted by molar-refractivity contribution is 0.0905. The molecule has 148 valence electrons. The number of methoxy groups -OCH3 is 1. The number of piperidine rings is 1. The van der Waals surface area contributed by atoms with Gasteiger partial charge in [0.05, 0.1) is 7.11 Å². The van der Waals surface area contributed by atoms with Crippen molar-refractivity contribution >= 4 is 5.91 Å². The Bertz CT molecular complexity index is 632. The lowest BCUT2D eigenvalue weighted by atomic mass is 10.0. The molecule has 0 aromatic heterocycles. The Labute approximate surface area is 162 Å². The number of rotatable bonds is 8. The van der Waals surface area contributed by atoms with Crippen molar-refractivity contribution in [1.29, 1.82) is 0 Å². The van der Waals surface area contributed by atoms with E-state index in [2.05, 4.69) is 16.8 Å². The van der Waals surface area contributed by atoms with Crippen LogP contribution in [0.3, 0.4) is 0 Å². The van der Waals surface area contributed by atoms with E-state index in [1.807, 2.05) is 0 Å². The molecule has 27 heavy (non-hydrogen) atoms. The largest absolute Gasteiger partial charge is 0.493 e. The summed E-state index contributed by atoms with van der Waals surface area (Å²) in [6.07, 6.45) is 9.32. The average molecular weight is 373 g/mol. The number of carbonyl (C=O) groups excluding carboxylic acids is 1. The van der Waals surface area contributed by atoms with Gasteiger partial charge in [-0.15, -0.1) is 0 Å². The van der Waals surface area contributed by atoms with Crippen LogP contribution in [0.1, 0.15) is 48.9 Å². The van der Waals surface area contributed by atoms with Crippen molar-refractivity contribution in [3.63, 3.8) is 0 Å². The van der Waals surface area contributed by atoms with E-state index in [1.165, 1.54) is 32.2 Å². The number of hydrogen-bond donors (Lipinski definition) is 1. The lowest BCUT2D eigenvalue weighted by Crippen LogP contribution is -2.45. The van der Waals surface area contributed by atoms with Crippen LogP contribution in [-0.4, -0.2) is 50.2 Å². The number of likely N-dealkylation sites (tertiary alicyclic amines) is 1. The smallest absolute Gasteiger partial charge is 0.251 e. The van der Waals surface area contributed by atoms with Gasteiger partial charge in [0.1, 0.15) is 6.61 Å². The molecular weight excluding hydrogens is 340 g/mol. The Hall–Kier alpha value is -2.01. The number of hydrogen-bond acceptors (Lipinski definition) is 4. The number of amides is 1. The maximum atomic E-state index is 12.6. The first kappa shape index (κ1) is 19.7. The maximum Gasteiger partial charge on any atom is 0.251 e.